The smallest absolute Gasteiger partial charge is 0.243 e. The van der Waals surface area contributed by atoms with Gasteiger partial charge < -0.3 is 24.4 Å². The number of methoxy groups -OCH3 is 1. The molecule has 1 atom stereocenters. The van der Waals surface area contributed by atoms with Crippen molar-refractivity contribution in [3.8, 4) is 0 Å². The predicted octanol–water partition coefficient (Wildman–Crippen LogP) is -0.597. The van der Waals surface area contributed by atoms with Crippen LogP contribution in [-0.2, 0) is 23.8 Å². The summed E-state index contributed by atoms with van der Waals surface area (Å²) in [5, 5.41) is 2.59. The summed E-state index contributed by atoms with van der Waals surface area (Å²) in [4.78, 5) is 25.0. The van der Waals surface area contributed by atoms with E-state index in [1.807, 2.05) is 6.92 Å². The number of hydrogen-bond donors (Lipinski definition) is 1. The molecular weight excluding hydrogens is 264 g/mol. The van der Waals surface area contributed by atoms with E-state index in [1.165, 1.54) is 0 Å². The van der Waals surface area contributed by atoms with Gasteiger partial charge in [0.15, 0.2) is 0 Å². The molecule has 0 aromatic rings. The predicted molar refractivity (Wildman–Crippen MR) is 72.3 cm³/mol. The zero-order chi connectivity index (χ0) is 14.8. The molecule has 1 saturated heterocycles. The molecule has 0 bridgehead atoms. The highest BCUT2D eigenvalue weighted by Gasteiger charge is 2.32. The Bertz CT molecular complexity index is 311. The standard InChI is InChI=1S/C13H24N2O5/c1-3-11-13(17)14-10-12(16)15(11)4-5-19-8-9-20-7-6-18-2/h11H,3-10H2,1-2H3,(H,14,17). The van der Waals surface area contributed by atoms with Crippen LogP contribution in [0.5, 0.6) is 0 Å². The summed E-state index contributed by atoms with van der Waals surface area (Å²) in [5.41, 5.74) is 0. The Labute approximate surface area is 119 Å². The van der Waals surface area contributed by atoms with E-state index in [1.54, 1.807) is 12.0 Å². The molecule has 0 spiro atoms. The van der Waals surface area contributed by atoms with Crippen LogP contribution in [0.2, 0.25) is 0 Å². The maximum atomic E-state index is 11.8. The third-order valence-electron chi connectivity index (χ3n) is 3.08. The topological polar surface area (TPSA) is 77.1 Å². The molecular formula is C13H24N2O5. The maximum absolute atomic E-state index is 11.8. The Balaban J connectivity index is 2.16. The summed E-state index contributed by atoms with van der Waals surface area (Å²) < 4.78 is 15.5. The molecule has 1 N–H and O–H groups in total. The van der Waals surface area contributed by atoms with Gasteiger partial charge in [0, 0.05) is 13.7 Å². The minimum Gasteiger partial charge on any atom is -0.382 e. The lowest BCUT2D eigenvalue weighted by Crippen LogP contribution is -2.58. The molecule has 1 fully saturated rings. The Morgan fingerprint density at radius 3 is 2.45 bits per heavy atom. The third-order valence-corrected chi connectivity index (χ3v) is 3.08. The van der Waals surface area contributed by atoms with Crippen LogP contribution >= 0.6 is 0 Å². The van der Waals surface area contributed by atoms with Crippen molar-refractivity contribution in [3.63, 3.8) is 0 Å². The van der Waals surface area contributed by atoms with Gasteiger partial charge in [0.1, 0.15) is 6.04 Å². The fourth-order valence-electron chi connectivity index (χ4n) is 2.01. The maximum Gasteiger partial charge on any atom is 0.243 e. The molecule has 0 aromatic heterocycles. The fraction of sp³-hybridized carbons (Fsp3) is 0.846. The van der Waals surface area contributed by atoms with Crippen molar-refractivity contribution in [1.29, 1.82) is 0 Å². The lowest BCUT2D eigenvalue weighted by atomic mass is 10.1. The first-order valence-corrected chi connectivity index (χ1v) is 6.92. The quantitative estimate of drug-likeness (QED) is 0.543. The normalized spacial score (nSPS) is 19.3. The number of rotatable bonds is 10. The van der Waals surface area contributed by atoms with E-state index in [-0.39, 0.29) is 24.4 Å². The highest BCUT2D eigenvalue weighted by Crippen LogP contribution is 2.08. The van der Waals surface area contributed by atoms with Crippen LogP contribution in [-0.4, -0.2) is 76.0 Å². The summed E-state index contributed by atoms with van der Waals surface area (Å²) in [6.07, 6.45) is 0.609. The van der Waals surface area contributed by atoms with Gasteiger partial charge in [0.05, 0.1) is 39.6 Å². The zero-order valence-electron chi connectivity index (χ0n) is 12.2. The van der Waals surface area contributed by atoms with Crippen molar-refractivity contribution in [1.82, 2.24) is 10.2 Å². The van der Waals surface area contributed by atoms with E-state index in [9.17, 15) is 9.59 Å². The van der Waals surface area contributed by atoms with Crippen molar-refractivity contribution in [3.05, 3.63) is 0 Å². The monoisotopic (exact) mass is 288 g/mol. The molecule has 7 nitrogen and oxygen atoms in total. The van der Waals surface area contributed by atoms with Crippen LogP contribution < -0.4 is 5.32 Å². The van der Waals surface area contributed by atoms with Gasteiger partial charge in [-0.25, -0.2) is 0 Å². The van der Waals surface area contributed by atoms with Crippen molar-refractivity contribution >= 4 is 11.8 Å². The number of carbonyl (C=O) groups is 2. The van der Waals surface area contributed by atoms with Crippen LogP contribution in [0.1, 0.15) is 13.3 Å². The summed E-state index contributed by atoms with van der Waals surface area (Å²) in [6, 6.07) is -0.377. The van der Waals surface area contributed by atoms with E-state index in [0.717, 1.165) is 0 Å². The van der Waals surface area contributed by atoms with Crippen LogP contribution in [0.4, 0.5) is 0 Å². The van der Waals surface area contributed by atoms with E-state index < -0.39 is 0 Å². The molecule has 20 heavy (non-hydrogen) atoms. The highest BCUT2D eigenvalue weighted by molar-refractivity contribution is 5.94. The Kier molecular flexibility index (Phi) is 8.17. The first kappa shape index (κ1) is 16.9. The van der Waals surface area contributed by atoms with Gasteiger partial charge in [-0.15, -0.1) is 0 Å². The molecule has 0 radical (unpaired) electrons. The molecule has 0 saturated carbocycles. The molecule has 1 aliphatic heterocycles. The molecule has 1 unspecified atom stereocenters. The number of carbonyl (C=O) groups excluding carboxylic acids is 2. The van der Waals surface area contributed by atoms with E-state index in [0.29, 0.717) is 46.0 Å². The van der Waals surface area contributed by atoms with Gasteiger partial charge in [-0.2, -0.15) is 0 Å². The SMILES string of the molecule is CCC1C(=O)NCC(=O)N1CCOCCOCCOC. The van der Waals surface area contributed by atoms with Crippen molar-refractivity contribution in [2.45, 2.75) is 19.4 Å². The summed E-state index contributed by atoms with van der Waals surface area (Å²) in [5.74, 6) is -0.147. The average molecular weight is 288 g/mol. The first-order valence-electron chi connectivity index (χ1n) is 6.92. The van der Waals surface area contributed by atoms with Crippen LogP contribution in [0.3, 0.4) is 0 Å². The number of piperazine rings is 1. The lowest BCUT2D eigenvalue weighted by molar-refractivity contribution is -0.146. The number of nitrogens with one attached hydrogen (secondary N) is 1. The summed E-state index contributed by atoms with van der Waals surface area (Å²) >= 11 is 0. The lowest BCUT2D eigenvalue weighted by Gasteiger charge is -2.34. The molecule has 1 rings (SSSR count). The van der Waals surface area contributed by atoms with Gasteiger partial charge in [-0.3, -0.25) is 9.59 Å². The Morgan fingerprint density at radius 1 is 1.15 bits per heavy atom. The molecule has 116 valence electrons. The number of nitrogens with zero attached hydrogens (tertiary/aromatic N) is 1. The van der Waals surface area contributed by atoms with Crippen molar-refractivity contribution in [2.75, 3.05) is 53.2 Å². The molecule has 1 heterocycles. The zero-order valence-corrected chi connectivity index (χ0v) is 12.2. The number of ether oxygens (including phenoxy) is 3. The minimum atomic E-state index is -0.377. The van der Waals surface area contributed by atoms with Gasteiger partial charge in [0.2, 0.25) is 11.8 Å². The largest absolute Gasteiger partial charge is 0.382 e. The average Bonchev–Trinajstić information content (AvgIpc) is 2.45. The van der Waals surface area contributed by atoms with Gasteiger partial charge in [-0.05, 0) is 6.42 Å². The van der Waals surface area contributed by atoms with E-state index in [4.69, 9.17) is 14.2 Å². The number of amides is 2. The van der Waals surface area contributed by atoms with Crippen LogP contribution in [0, 0.1) is 0 Å². The van der Waals surface area contributed by atoms with E-state index >= 15 is 0 Å². The second kappa shape index (κ2) is 9.68. The summed E-state index contributed by atoms with van der Waals surface area (Å²) in [7, 11) is 1.62. The first-order chi connectivity index (χ1) is 9.70. The van der Waals surface area contributed by atoms with Gasteiger partial charge in [0.25, 0.3) is 0 Å². The van der Waals surface area contributed by atoms with Crippen molar-refractivity contribution < 1.29 is 23.8 Å². The molecule has 2 amide bonds. The summed E-state index contributed by atoms with van der Waals surface area (Å²) in [6.45, 7) is 4.88. The Hall–Kier alpha value is -1.18. The highest BCUT2D eigenvalue weighted by atomic mass is 16.5. The second-order valence-corrected chi connectivity index (χ2v) is 4.45. The van der Waals surface area contributed by atoms with Gasteiger partial charge >= 0.3 is 0 Å². The van der Waals surface area contributed by atoms with Crippen LogP contribution in [0.25, 0.3) is 0 Å². The minimum absolute atomic E-state index is 0.0589. The van der Waals surface area contributed by atoms with Crippen LogP contribution in [0.15, 0.2) is 0 Å². The molecule has 7 heteroatoms. The van der Waals surface area contributed by atoms with Crippen molar-refractivity contribution in [2.24, 2.45) is 0 Å². The Morgan fingerprint density at radius 2 is 1.80 bits per heavy atom. The van der Waals surface area contributed by atoms with Gasteiger partial charge in [-0.1, -0.05) is 6.92 Å². The number of hydrogen-bond acceptors (Lipinski definition) is 5. The third kappa shape index (κ3) is 5.44. The molecule has 1 aliphatic rings. The second-order valence-electron chi connectivity index (χ2n) is 4.45. The fourth-order valence-corrected chi connectivity index (χ4v) is 2.01. The molecule has 0 aromatic carbocycles. The van der Waals surface area contributed by atoms with E-state index in [2.05, 4.69) is 5.32 Å². The molecule has 0 aliphatic carbocycles.